The van der Waals surface area contributed by atoms with Crippen LogP contribution in [0.4, 0.5) is 0 Å². The van der Waals surface area contributed by atoms with E-state index in [9.17, 15) is 0 Å². The van der Waals surface area contributed by atoms with Crippen LogP contribution in [-0.4, -0.2) is 22.6 Å². The summed E-state index contributed by atoms with van der Waals surface area (Å²) < 4.78 is 8.19. The third-order valence-electron chi connectivity index (χ3n) is 11.7. The average Bonchev–Trinajstić information content (AvgIpc) is 3.85. The maximum Gasteiger partial charge on any atom is 0.0798 e. The van der Waals surface area contributed by atoms with Crippen molar-refractivity contribution in [2.75, 3.05) is 0 Å². The third-order valence-corrected chi connectivity index (χ3v) is 13.8. The molecule has 3 aromatic heterocycles. The van der Waals surface area contributed by atoms with E-state index in [4.69, 9.17) is 9.40 Å². The second kappa shape index (κ2) is 18.6. The van der Waals surface area contributed by atoms with Gasteiger partial charge < -0.3 is 14.0 Å². The number of nitrogens with zero attached hydrogens (tertiary/aromatic N) is 3. The summed E-state index contributed by atoms with van der Waals surface area (Å²) in [5.74, 6) is 1.48. The Kier molecular flexibility index (Phi) is 13.4. The molecule has 0 unspecified atom stereocenters. The Balaban J connectivity index is 0.000000239. The van der Waals surface area contributed by atoms with Crippen LogP contribution in [0.2, 0.25) is 19.6 Å². The third kappa shape index (κ3) is 9.80. The van der Waals surface area contributed by atoms with Crippen LogP contribution >= 0.6 is 0 Å². The molecule has 63 heavy (non-hydrogen) atoms. The van der Waals surface area contributed by atoms with Crippen molar-refractivity contribution < 1.29 is 24.5 Å². The van der Waals surface area contributed by atoms with Crippen molar-refractivity contribution in [1.29, 1.82) is 0 Å². The van der Waals surface area contributed by atoms with Crippen molar-refractivity contribution in [3.8, 4) is 50.6 Å². The topological polar surface area (TPSA) is 43.9 Å². The van der Waals surface area contributed by atoms with E-state index in [0.717, 1.165) is 56.8 Å². The largest absolute Gasteiger partial charge is 0.557 e. The van der Waals surface area contributed by atoms with E-state index in [1.54, 1.807) is 0 Å². The number of imidazole rings is 1. The van der Waals surface area contributed by atoms with Gasteiger partial charge in [-0.1, -0.05) is 162 Å². The first-order valence-corrected chi connectivity index (χ1v) is 25.3. The molecule has 1 radical (unpaired) electrons. The van der Waals surface area contributed by atoms with Crippen molar-refractivity contribution in [3.63, 3.8) is 0 Å². The second-order valence-electron chi connectivity index (χ2n) is 19.0. The van der Waals surface area contributed by atoms with Gasteiger partial charge in [0, 0.05) is 43.8 Å². The van der Waals surface area contributed by atoms with Gasteiger partial charge in [-0.25, -0.2) is 0 Å². The van der Waals surface area contributed by atoms with Gasteiger partial charge in [0.05, 0.1) is 24.9 Å². The number of aryl methyl sites for hydroxylation is 2. The Hall–Kier alpha value is -5.65. The van der Waals surface area contributed by atoms with E-state index in [1.807, 2.05) is 30.3 Å². The van der Waals surface area contributed by atoms with Crippen LogP contribution in [0.5, 0.6) is 0 Å². The van der Waals surface area contributed by atoms with Crippen LogP contribution in [-0.2, 0) is 31.9 Å². The van der Waals surface area contributed by atoms with Crippen LogP contribution in [0.3, 0.4) is 0 Å². The summed E-state index contributed by atoms with van der Waals surface area (Å²) in [6.07, 6.45) is 6.44. The molecular formula is C57H57IrN3OSi-2. The molecule has 9 aromatic rings. The molecule has 0 aliphatic carbocycles. The van der Waals surface area contributed by atoms with E-state index in [1.165, 1.54) is 49.7 Å². The molecule has 321 valence electrons. The van der Waals surface area contributed by atoms with Crippen LogP contribution in [0, 0.1) is 32.1 Å². The second-order valence-corrected chi connectivity index (χ2v) is 24.1. The maximum atomic E-state index is 5.97. The van der Waals surface area contributed by atoms with Gasteiger partial charge in [-0.2, -0.15) is 0 Å². The van der Waals surface area contributed by atoms with Crippen molar-refractivity contribution >= 4 is 35.3 Å². The quantitative estimate of drug-likeness (QED) is 0.113. The minimum atomic E-state index is -1.34. The molecule has 6 heteroatoms. The van der Waals surface area contributed by atoms with Gasteiger partial charge in [0.25, 0.3) is 0 Å². The van der Waals surface area contributed by atoms with E-state index in [-0.39, 0.29) is 25.5 Å². The van der Waals surface area contributed by atoms with Crippen molar-refractivity contribution in [1.82, 2.24) is 14.5 Å². The van der Waals surface area contributed by atoms with Gasteiger partial charge in [-0.3, -0.25) is 4.98 Å². The first-order chi connectivity index (χ1) is 29.7. The van der Waals surface area contributed by atoms with Gasteiger partial charge in [-0.15, -0.1) is 35.9 Å². The molecule has 0 bridgehead atoms. The molecule has 4 nitrogen and oxygen atoms in total. The number of aromatic nitrogens is 3. The molecule has 0 spiro atoms. The number of rotatable bonds is 8. The molecule has 3 heterocycles. The van der Waals surface area contributed by atoms with Gasteiger partial charge in [0.1, 0.15) is 0 Å². The minimum Gasteiger partial charge on any atom is -0.557 e. The van der Waals surface area contributed by atoms with Crippen molar-refractivity contribution in [3.05, 3.63) is 180 Å². The summed E-state index contributed by atoms with van der Waals surface area (Å²) in [7, 11) is -1.34. The van der Waals surface area contributed by atoms with E-state index in [2.05, 4.69) is 205 Å². The Morgan fingerprint density at radius 1 is 0.730 bits per heavy atom. The summed E-state index contributed by atoms with van der Waals surface area (Å²) in [6, 6.07) is 52.4. The SMILES string of the molecule is CC(C)Cc1cc(-c2[c-]cccc2)ncc1[Si](C)(C)C.Cc1cccc(C)c1-c1ccc2o[c-]c(-c3nc4ccccc4n3-c3ccc(-c4ccc(C(C)(C)C)cc4)cc3)c2c1.[Ir]. The van der Waals surface area contributed by atoms with Crippen LogP contribution in [0.25, 0.3) is 72.6 Å². The number of para-hydroxylation sites is 2. The Morgan fingerprint density at radius 3 is 2.02 bits per heavy atom. The van der Waals surface area contributed by atoms with Crippen LogP contribution in [0.15, 0.2) is 150 Å². The summed E-state index contributed by atoms with van der Waals surface area (Å²) in [5, 5.41) is 2.49. The van der Waals surface area contributed by atoms with Gasteiger partial charge in [0.15, 0.2) is 0 Å². The first kappa shape index (κ1) is 45.4. The van der Waals surface area contributed by atoms with Crippen molar-refractivity contribution in [2.24, 2.45) is 5.92 Å². The fraction of sp³-hybridized carbons (Fsp3) is 0.228. The number of hydrogen-bond acceptors (Lipinski definition) is 3. The van der Waals surface area contributed by atoms with Gasteiger partial charge >= 0.3 is 0 Å². The Morgan fingerprint density at radius 2 is 1.38 bits per heavy atom. The van der Waals surface area contributed by atoms with E-state index in [0.29, 0.717) is 5.92 Å². The number of pyridine rings is 1. The molecule has 6 aromatic carbocycles. The fourth-order valence-electron chi connectivity index (χ4n) is 8.47. The first-order valence-electron chi connectivity index (χ1n) is 21.8. The maximum absolute atomic E-state index is 5.97. The van der Waals surface area contributed by atoms with Gasteiger partial charge in [0.2, 0.25) is 0 Å². The minimum absolute atomic E-state index is 0. The Labute approximate surface area is 388 Å². The molecule has 0 aliphatic heterocycles. The summed E-state index contributed by atoms with van der Waals surface area (Å²) in [4.78, 5) is 9.79. The molecular weight excluding hydrogens is 963 g/mol. The molecule has 0 saturated heterocycles. The molecule has 0 aliphatic rings. The van der Waals surface area contributed by atoms with Crippen molar-refractivity contribution in [2.45, 2.75) is 79.9 Å². The van der Waals surface area contributed by atoms with E-state index < -0.39 is 8.07 Å². The Bertz CT molecular complexity index is 2960. The summed E-state index contributed by atoms with van der Waals surface area (Å²) >= 11 is 0. The monoisotopic (exact) mass is 1020 g/mol. The standard InChI is InChI=1S/C39H33N2O.C18H24NSi.Ir/c1-25-9-8-10-26(2)37(25)29-17-22-36-32(23-29)33(24-42-36)38-40-34-11-6-7-12-35(34)41(38)31-20-15-28(16-21-31)27-13-18-30(19-14-27)39(3,4)5;1-14(2)11-16-12-17(15-9-7-6-8-10-15)19-13-18(16)20(3,4)5;/h6-23H,1-5H3;6-9,12-14H,11H2,1-5H3;/q2*-1;. The molecule has 0 atom stereocenters. The smallest absolute Gasteiger partial charge is 0.0798 e. The molecule has 0 saturated carbocycles. The normalized spacial score (nSPS) is 11.7. The predicted octanol–water partition coefficient (Wildman–Crippen LogP) is 14.8. The average molecular weight is 1020 g/mol. The van der Waals surface area contributed by atoms with E-state index >= 15 is 0 Å². The zero-order valence-electron chi connectivity index (χ0n) is 38.2. The zero-order valence-corrected chi connectivity index (χ0v) is 41.6. The number of fused-ring (bicyclic) bond motifs is 2. The number of furan rings is 1. The molecule has 0 amide bonds. The summed E-state index contributed by atoms with van der Waals surface area (Å²) in [6.45, 7) is 22.8. The summed E-state index contributed by atoms with van der Waals surface area (Å²) in [5.41, 5.74) is 17.1. The van der Waals surface area contributed by atoms with Crippen LogP contribution in [0.1, 0.15) is 56.9 Å². The predicted molar refractivity (Wildman–Crippen MR) is 264 cm³/mol. The number of hydrogen-bond donors (Lipinski definition) is 0. The van der Waals surface area contributed by atoms with Gasteiger partial charge in [-0.05, 0) is 106 Å². The molecule has 0 N–H and O–H groups in total. The van der Waals surface area contributed by atoms with Crippen LogP contribution < -0.4 is 5.19 Å². The molecule has 9 rings (SSSR count). The fourth-order valence-corrected chi connectivity index (χ4v) is 10.1. The molecule has 0 fully saturated rings. The zero-order chi connectivity index (χ0) is 43.8. The number of benzene rings is 6.